The Morgan fingerprint density at radius 3 is 2.36 bits per heavy atom. The lowest BCUT2D eigenvalue weighted by molar-refractivity contribution is -0.129. The smallest absolute Gasteiger partial charge is 0.236 e. The van der Waals surface area contributed by atoms with E-state index < -0.39 is 0 Å². The quantitative estimate of drug-likeness (QED) is 0.596. The number of carbonyl (C=O) groups excluding carboxylic acids is 1. The number of amides is 1. The molecule has 1 amide bonds. The minimum atomic E-state index is 0.166. The zero-order chi connectivity index (χ0) is 11.0. The third-order valence-electron chi connectivity index (χ3n) is 2.23. The fourth-order valence-electron chi connectivity index (χ4n) is 1.16. The van der Waals surface area contributed by atoms with Crippen molar-refractivity contribution in [2.45, 2.75) is 19.8 Å². The molecule has 0 atom stereocenters. The van der Waals surface area contributed by atoms with Crippen LogP contribution in [0.4, 0.5) is 0 Å². The topological polar surface area (TPSA) is 49.6 Å². The monoisotopic (exact) mass is 201 g/mol. The highest BCUT2D eigenvalue weighted by molar-refractivity contribution is 5.77. The summed E-state index contributed by atoms with van der Waals surface area (Å²) in [5, 5.41) is 0. The number of hydrogen-bond acceptors (Lipinski definition) is 3. The summed E-state index contributed by atoms with van der Waals surface area (Å²) in [4.78, 5) is 15.2. The Morgan fingerprint density at radius 1 is 1.29 bits per heavy atom. The van der Waals surface area contributed by atoms with Gasteiger partial charge in [-0.05, 0) is 32.5 Å². The lowest BCUT2D eigenvalue weighted by atomic mass is 10.3. The lowest BCUT2D eigenvalue weighted by Crippen LogP contribution is -2.37. The van der Waals surface area contributed by atoms with Crippen LogP contribution >= 0.6 is 0 Å². The normalized spacial score (nSPS) is 10.6. The lowest BCUT2D eigenvalue weighted by Gasteiger charge is -2.21. The van der Waals surface area contributed by atoms with E-state index in [1.54, 1.807) is 19.0 Å². The van der Waals surface area contributed by atoms with Gasteiger partial charge in [-0.1, -0.05) is 6.92 Å². The Hall–Kier alpha value is -0.610. The van der Waals surface area contributed by atoms with Gasteiger partial charge < -0.3 is 10.6 Å². The molecule has 0 saturated heterocycles. The van der Waals surface area contributed by atoms with Gasteiger partial charge in [0.15, 0.2) is 0 Å². The molecule has 0 aromatic heterocycles. The highest BCUT2D eigenvalue weighted by Gasteiger charge is 2.09. The van der Waals surface area contributed by atoms with Crippen molar-refractivity contribution in [1.82, 2.24) is 9.80 Å². The largest absolute Gasteiger partial charge is 0.348 e. The average Bonchev–Trinajstić information content (AvgIpc) is 2.16. The fourth-order valence-corrected chi connectivity index (χ4v) is 1.16. The molecule has 14 heavy (non-hydrogen) atoms. The number of rotatable bonds is 7. The Labute approximate surface area is 87.0 Å². The van der Waals surface area contributed by atoms with Gasteiger partial charge >= 0.3 is 0 Å². The second kappa shape index (κ2) is 7.76. The van der Waals surface area contributed by atoms with Gasteiger partial charge in [0.2, 0.25) is 5.91 Å². The van der Waals surface area contributed by atoms with Crippen LogP contribution in [0.3, 0.4) is 0 Å². The molecule has 0 aromatic carbocycles. The average molecular weight is 201 g/mol. The van der Waals surface area contributed by atoms with Gasteiger partial charge in [-0.15, -0.1) is 0 Å². The van der Waals surface area contributed by atoms with Crippen LogP contribution in [0.5, 0.6) is 0 Å². The summed E-state index contributed by atoms with van der Waals surface area (Å²) in [6.07, 6.45) is 2.11. The summed E-state index contributed by atoms with van der Waals surface area (Å²) in [7, 11) is 3.58. The van der Waals surface area contributed by atoms with Crippen LogP contribution in [0.25, 0.3) is 0 Å². The number of unbranched alkanes of at least 4 members (excludes halogenated alkanes) is 1. The summed E-state index contributed by atoms with van der Waals surface area (Å²) < 4.78 is 0. The molecule has 0 aromatic rings. The SMILES string of the molecule is CCN(CCCCN)CC(=O)N(C)C. The molecule has 84 valence electrons. The molecule has 0 bridgehead atoms. The van der Waals surface area contributed by atoms with Crippen LogP contribution in [-0.2, 0) is 4.79 Å². The van der Waals surface area contributed by atoms with Crippen molar-refractivity contribution in [3.8, 4) is 0 Å². The molecule has 4 heteroatoms. The minimum Gasteiger partial charge on any atom is -0.348 e. The third-order valence-corrected chi connectivity index (χ3v) is 2.23. The third kappa shape index (κ3) is 5.94. The standard InChI is InChI=1S/C10H23N3O/c1-4-13(8-6-5-7-11)9-10(14)12(2)3/h4-9,11H2,1-3H3. The maximum Gasteiger partial charge on any atom is 0.236 e. The molecule has 0 rings (SSSR count). The highest BCUT2D eigenvalue weighted by Crippen LogP contribution is 1.95. The van der Waals surface area contributed by atoms with Crippen molar-refractivity contribution >= 4 is 5.91 Å². The van der Waals surface area contributed by atoms with Gasteiger partial charge in [0, 0.05) is 14.1 Å². The van der Waals surface area contributed by atoms with E-state index in [1.807, 2.05) is 0 Å². The highest BCUT2D eigenvalue weighted by atomic mass is 16.2. The van der Waals surface area contributed by atoms with E-state index in [0.717, 1.165) is 32.5 Å². The molecule has 0 unspecified atom stereocenters. The predicted octanol–water partition coefficient (Wildman–Crippen LogP) is 0.135. The predicted molar refractivity (Wildman–Crippen MR) is 59.1 cm³/mol. The first-order valence-electron chi connectivity index (χ1n) is 5.24. The molecule has 0 fully saturated rings. The van der Waals surface area contributed by atoms with Gasteiger partial charge in [-0.25, -0.2) is 0 Å². The van der Waals surface area contributed by atoms with Crippen molar-refractivity contribution in [3.05, 3.63) is 0 Å². The molecule has 4 nitrogen and oxygen atoms in total. The Morgan fingerprint density at radius 2 is 1.93 bits per heavy atom. The van der Waals surface area contributed by atoms with Gasteiger partial charge in [-0.3, -0.25) is 9.69 Å². The van der Waals surface area contributed by atoms with E-state index in [0.29, 0.717) is 6.54 Å². The van der Waals surface area contributed by atoms with Crippen molar-refractivity contribution in [2.75, 3.05) is 40.3 Å². The molecule has 0 aliphatic heterocycles. The summed E-state index contributed by atoms with van der Waals surface area (Å²) in [6, 6.07) is 0. The second-order valence-corrected chi connectivity index (χ2v) is 3.65. The van der Waals surface area contributed by atoms with Gasteiger partial charge in [0.1, 0.15) is 0 Å². The molecular formula is C10H23N3O. The summed E-state index contributed by atoms with van der Waals surface area (Å²) in [5.74, 6) is 0.166. The van der Waals surface area contributed by atoms with E-state index in [1.165, 1.54) is 0 Å². The number of hydrogen-bond donors (Lipinski definition) is 1. The Balaban J connectivity index is 3.73. The number of nitrogens with zero attached hydrogens (tertiary/aromatic N) is 2. The first-order chi connectivity index (χ1) is 6.61. The molecule has 0 spiro atoms. The fraction of sp³-hybridized carbons (Fsp3) is 0.900. The number of carbonyl (C=O) groups is 1. The number of nitrogens with two attached hydrogens (primary N) is 1. The van der Waals surface area contributed by atoms with Crippen LogP contribution in [-0.4, -0.2) is 56.0 Å². The van der Waals surface area contributed by atoms with E-state index in [9.17, 15) is 4.79 Å². The maximum atomic E-state index is 11.4. The van der Waals surface area contributed by atoms with Crippen molar-refractivity contribution in [1.29, 1.82) is 0 Å². The zero-order valence-corrected chi connectivity index (χ0v) is 9.62. The molecule has 0 aliphatic rings. The summed E-state index contributed by atoms with van der Waals surface area (Å²) in [5.41, 5.74) is 5.41. The first-order valence-corrected chi connectivity index (χ1v) is 5.24. The summed E-state index contributed by atoms with van der Waals surface area (Å²) in [6.45, 7) is 5.22. The minimum absolute atomic E-state index is 0.166. The van der Waals surface area contributed by atoms with E-state index >= 15 is 0 Å². The van der Waals surface area contributed by atoms with Crippen LogP contribution in [0, 0.1) is 0 Å². The molecule has 0 saturated carbocycles. The van der Waals surface area contributed by atoms with Gasteiger partial charge in [-0.2, -0.15) is 0 Å². The molecule has 0 heterocycles. The van der Waals surface area contributed by atoms with Crippen molar-refractivity contribution in [2.24, 2.45) is 5.73 Å². The zero-order valence-electron chi connectivity index (χ0n) is 9.62. The van der Waals surface area contributed by atoms with Gasteiger partial charge in [0.05, 0.1) is 6.54 Å². The molecule has 2 N–H and O–H groups in total. The second-order valence-electron chi connectivity index (χ2n) is 3.65. The van der Waals surface area contributed by atoms with E-state index in [2.05, 4.69) is 11.8 Å². The van der Waals surface area contributed by atoms with Crippen molar-refractivity contribution in [3.63, 3.8) is 0 Å². The van der Waals surface area contributed by atoms with E-state index in [-0.39, 0.29) is 5.91 Å². The van der Waals surface area contributed by atoms with Crippen LogP contribution < -0.4 is 5.73 Å². The van der Waals surface area contributed by atoms with Gasteiger partial charge in [0.25, 0.3) is 0 Å². The summed E-state index contributed by atoms with van der Waals surface area (Å²) >= 11 is 0. The van der Waals surface area contributed by atoms with Crippen LogP contribution in [0.1, 0.15) is 19.8 Å². The number of likely N-dealkylation sites (N-methyl/N-ethyl adjacent to an activating group) is 2. The van der Waals surface area contributed by atoms with E-state index in [4.69, 9.17) is 5.73 Å². The Bertz CT molecular complexity index is 159. The molecular weight excluding hydrogens is 178 g/mol. The first kappa shape index (κ1) is 13.4. The molecule has 0 aliphatic carbocycles. The molecule has 0 radical (unpaired) electrons. The van der Waals surface area contributed by atoms with Crippen molar-refractivity contribution < 1.29 is 4.79 Å². The maximum absolute atomic E-state index is 11.4. The Kier molecular flexibility index (Phi) is 7.42. The van der Waals surface area contributed by atoms with Crippen LogP contribution in [0.15, 0.2) is 0 Å². The van der Waals surface area contributed by atoms with Crippen LogP contribution in [0.2, 0.25) is 0 Å².